The smallest absolute Gasteiger partial charge is 0.119 e. The standard InChI is InChI=1S/C11H16N4/c1-11(13,6-12)7-15-8-14-9-4-2-3-5-10(9)15/h8H,2-5,7,13H2,1H3. The number of aromatic nitrogens is 2. The highest BCUT2D eigenvalue weighted by molar-refractivity contribution is 5.17. The second-order valence-corrected chi connectivity index (χ2v) is 4.50. The number of aryl methyl sites for hydroxylation is 1. The second-order valence-electron chi connectivity index (χ2n) is 4.50. The number of imidazole rings is 1. The zero-order valence-electron chi connectivity index (χ0n) is 9.03. The van der Waals surface area contributed by atoms with Gasteiger partial charge in [-0.1, -0.05) is 0 Å². The van der Waals surface area contributed by atoms with Crippen molar-refractivity contribution in [3.05, 3.63) is 17.7 Å². The van der Waals surface area contributed by atoms with E-state index in [0.29, 0.717) is 6.54 Å². The molecule has 0 amide bonds. The number of hydrogen-bond donors (Lipinski definition) is 1. The van der Waals surface area contributed by atoms with Crippen molar-refractivity contribution >= 4 is 0 Å². The third kappa shape index (κ3) is 2.02. The average molecular weight is 204 g/mol. The molecule has 0 aromatic carbocycles. The first-order valence-electron chi connectivity index (χ1n) is 5.35. The van der Waals surface area contributed by atoms with Gasteiger partial charge in [0, 0.05) is 5.69 Å². The van der Waals surface area contributed by atoms with Crippen LogP contribution in [0.3, 0.4) is 0 Å². The van der Waals surface area contributed by atoms with Crippen LogP contribution >= 0.6 is 0 Å². The molecule has 1 unspecified atom stereocenters. The maximum absolute atomic E-state index is 8.89. The molecule has 1 aliphatic carbocycles. The minimum atomic E-state index is -0.800. The van der Waals surface area contributed by atoms with E-state index in [1.807, 2.05) is 10.9 Å². The predicted octanol–water partition coefficient (Wildman–Crippen LogP) is 1.00. The molecule has 0 bridgehead atoms. The zero-order chi connectivity index (χ0) is 10.9. The van der Waals surface area contributed by atoms with E-state index in [0.717, 1.165) is 12.8 Å². The maximum Gasteiger partial charge on any atom is 0.119 e. The molecule has 0 spiro atoms. The highest BCUT2D eigenvalue weighted by atomic mass is 15.1. The molecule has 1 heterocycles. The molecule has 0 saturated heterocycles. The van der Waals surface area contributed by atoms with Gasteiger partial charge in [-0.15, -0.1) is 0 Å². The molecular weight excluding hydrogens is 188 g/mol. The summed E-state index contributed by atoms with van der Waals surface area (Å²) in [4.78, 5) is 4.37. The number of rotatable bonds is 2. The lowest BCUT2D eigenvalue weighted by molar-refractivity contribution is 0.475. The molecule has 1 aliphatic rings. The summed E-state index contributed by atoms with van der Waals surface area (Å²) in [7, 11) is 0. The Labute approximate surface area is 89.7 Å². The summed E-state index contributed by atoms with van der Waals surface area (Å²) in [6.07, 6.45) is 6.39. The van der Waals surface area contributed by atoms with Gasteiger partial charge < -0.3 is 10.3 Å². The van der Waals surface area contributed by atoms with Gasteiger partial charge in [0.05, 0.1) is 24.6 Å². The molecule has 1 aromatic rings. The number of nitrogens with zero attached hydrogens (tertiary/aromatic N) is 3. The summed E-state index contributed by atoms with van der Waals surface area (Å²) in [6.45, 7) is 2.29. The highest BCUT2D eigenvalue weighted by Gasteiger charge is 2.22. The molecule has 1 aromatic heterocycles. The minimum Gasteiger partial charge on any atom is -0.331 e. The van der Waals surface area contributed by atoms with Crippen LogP contribution < -0.4 is 5.73 Å². The Hall–Kier alpha value is -1.34. The van der Waals surface area contributed by atoms with Crippen molar-refractivity contribution < 1.29 is 0 Å². The van der Waals surface area contributed by atoms with E-state index in [1.165, 1.54) is 24.2 Å². The number of nitrogens with two attached hydrogens (primary N) is 1. The lowest BCUT2D eigenvalue weighted by Crippen LogP contribution is -2.39. The van der Waals surface area contributed by atoms with E-state index < -0.39 is 5.54 Å². The van der Waals surface area contributed by atoms with Gasteiger partial charge in [0.25, 0.3) is 0 Å². The largest absolute Gasteiger partial charge is 0.331 e. The average Bonchev–Trinajstić information content (AvgIpc) is 2.62. The van der Waals surface area contributed by atoms with Gasteiger partial charge >= 0.3 is 0 Å². The fourth-order valence-electron chi connectivity index (χ4n) is 2.06. The van der Waals surface area contributed by atoms with Crippen LogP contribution in [0.15, 0.2) is 6.33 Å². The van der Waals surface area contributed by atoms with Gasteiger partial charge in [-0.25, -0.2) is 4.98 Å². The first-order chi connectivity index (χ1) is 7.12. The van der Waals surface area contributed by atoms with E-state index in [9.17, 15) is 0 Å². The fraction of sp³-hybridized carbons (Fsp3) is 0.636. The molecule has 0 saturated carbocycles. The van der Waals surface area contributed by atoms with Crippen LogP contribution in [-0.2, 0) is 19.4 Å². The molecule has 15 heavy (non-hydrogen) atoms. The van der Waals surface area contributed by atoms with Gasteiger partial charge in [-0.2, -0.15) is 5.26 Å². The molecule has 4 heteroatoms. The summed E-state index contributed by atoms with van der Waals surface area (Å²) >= 11 is 0. The van der Waals surface area contributed by atoms with Gasteiger partial charge in [0.2, 0.25) is 0 Å². The first kappa shape index (κ1) is 10.2. The highest BCUT2D eigenvalue weighted by Crippen LogP contribution is 2.20. The Balaban J connectivity index is 2.23. The summed E-state index contributed by atoms with van der Waals surface area (Å²) in [5.41, 5.74) is 7.49. The first-order valence-corrected chi connectivity index (χ1v) is 5.35. The van der Waals surface area contributed by atoms with Crippen molar-refractivity contribution in [2.45, 2.75) is 44.7 Å². The monoisotopic (exact) mass is 204 g/mol. The van der Waals surface area contributed by atoms with E-state index in [-0.39, 0.29) is 0 Å². The zero-order valence-corrected chi connectivity index (χ0v) is 9.03. The Bertz CT molecular complexity index is 397. The SMILES string of the molecule is CC(N)(C#N)Cn1cnc2c1CCCC2. The lowest BCUT2D eigenvalue weighted by atomic mass is 10.00. The Morgan fingerprint density at radius 1 is 1.60 bits per heavy atom. The van der Waals surface area contributed by atoms with Crippen LogP contribution in [0, 0.1) is 11.3 Å². The summed E-state index contributed by atoms with van der Waals surface area (Å²) < 4.78 is 2.04. The molecule has 2 rings (SSSR count). The number of fused-ring (bicyclic) bond motifs is 1. The van der Waals surface area contributed by atoms with Crippen LogP contribution in [0.4, 0.5) is 0 Å². The van der Waals surface area contributed by atoms with Crippen LogP contribution in [0.5, 0.6) is 0 Å². The van der Waals surface area contributed by atoms with Crippen molar-refractivity contribution in [3.63, 3.8) is 0 Å². The Morgan fingerprint density at radius 2 is 2.33 bits per heavy atom. The van der Waals surface area contributed by atoms with Gasteiger partial charge in [0.15, 0.2) is 0 Å². The molecule has 1 atom stereocenters. The van der Waals surface area contributed by atoms with Crippen molar-refractivity contribution in [2.24, 2.45) is 5.73 Å². The summed E-state index contributed by atoms with van der Waals surface area (Å²) in [5.74, 6) is 0. The fourth-order valence-corrected chi connectivity index (χ4v) is 2.06. The minimum absolute atomic E-state index is 0.534. The maximum atomic E-state index is 8.89. The van der Waals surface area contributed by atoms with E-state index in [1.54, 1.807) is 6.92 Å². The van der Waals surface area contributed by atoms with Crippen LogP contribution in [0.2, 0.25) is 0 Å². The lowest BCUT2D eigenvalue weighted by Gasteiger charge is -2.19. The van der Waals surface area contributed by atoms with Gasteiger partial charge in [-0.3, -0.25) is 0 Å². The quantitative estimate of drug-likeness (QED) is 0.781. The Kier molecular flexibility index (Phi) is 2.49. The Morgan fingerprint density at radius 3 is 3.07 bits per heavy atom. The normalized spacial score (nSPS) is 19.0. The molecule has 80 valence electrons. The summed E-state index contributed by atoms with van der Waals surface area (Å²) in [5, 5.41) is 8.89. The number of hydrogen-bond acceptors (Lipinski definition) is 3. The van der Waals surface area contributed by atoms with Crippen LogP contribution in [0.25, 0.3) is 0 Å². The molecule has 2 N–H and O–H groups in total. The topological polar surface area (TPSA) is 67.6 Å². The third-order valence-electron chi connectivity index (χ3n) is 2.86. The molecule has 0 radical (unpaired) electrons. The number of nitriles is 1. The van der Waals surface area contributed by atoms with E-state index in [2.05, 4.69) is 11.1 Å². The third-order valence-corrected chi connectivity index (χ3v) is 2.86. The van der Waals surface area contributed by atoms with Gasteiger partial charge in [0.1, 0.15) is 5.54 Å². The molecular formula is C11H16N4. The van der Waals surface area contributed by atoms with E-state index >= 15 is 0 Å². The predicted molar refractivity (Wildman–Crippen MR) is 57.1 cm³/mol. The van der Waals surface area contributed by atoms with Crippen molar-refractivity contribution in [1.29, 1.82) is 5.26 Å². The van der Waals surface area contributed by atoms with Crippen molar-refractivity contribution in [2.75, 3.05) is 0 Å². The van der Waals surface area contributed by atoms with Gasteiger partial charge in [-0.05, 0) is 32.6 Å². The van der Waals surface area contributed by atoms with Crippen LogP contribution in [-0.4, -0.2) is 15.1 Å². The van der Waals surface area contributed by atoms with E-state index in [4.69, 9.17) is 11.0 Å². The second kappa shape index (κ2) is 3.67. The molecule has 0 aliphatic heterocycles. The molecule has 4 nitrogen and oxygen atoms in total. The van der Waals surface area contributed by atoms with Crippen LogP contribution in [0.1, 0.15) is 31.2 Å². The van der Waals surface area contributed by atoms with Crippen molar-refractivity contribution in [3.8, 4) is 6.07 Å². The van der Waals surface area contributed by atoms with Crippen molar-refractivity contribution in [1.82, 2.24) is 9.55 Å². The molecule has 0 fully saturated rings. The summed E-state index contributed by atoms with van der Waals surface area (Å²) in [6, 6.07) is 2.12.